The van der Waals surface area contributed by atoms with E-state index in [1.165, 1.54) is 22.2 Å². The lowest BCUT2D eigenvalue weighted by molar-refractivity contribution is 0.370. The van der Waals surface area contributed by atoms with Crippen LogP contribution >= 0.6 is 43.2 Å². The topological polar surface area (TPSA) is 91.6 Å². The van der Waals surface area contributed by atoms with Gasteiger partial charge in [0.05, 0.1) is 4.88 Å². The van der Waals surface area contributed by atoms with Crippen LogP contribution in [0.4, 0.5) is 0 Å². The number of nitrogens with zero attached hydrogens (tertiary/aromatic N) is 6. The van der Waals surface area contributed by atoms with E-state index < -0.39 is 0 Å². The van der Waals surface area contributed by atoms with Crippen LogP contribution in [0, 0.1) is 0 Å². The molecule has 0 bridgehead atoms. The summed E-state index contributed by atoms with van der Waals surface area (Å²) in [5.41, 5.74) is 0.288. The summed E-state index contributed by atoms with van der Waals surface area (Å²) < 4.78 is 9.62. The number of rotatable bonds is 3. The van der Waals surface area contributed by atoms with Crippen molar-refractivity contribution in [3.63, 3.8) is 0 Å². The van der Waals surface area contributed by atoms with Gasteiger partial charge in [-0.25, -0.2) is 9.67 Å². The summed E-state index contributed by atoms with van der Waals surface area (Å²) in [6.45, 7) is 0.142. The lowest BCUT2D eigenvalue weighted by atomic mass is 10.4. The van der Waals surface area contributed by atoms with Crippen LogP contribution in [-0.4, -0.2) is 29.5 Å². The Hall–Kier alpha value is -1.85. The molecular weight excluding hydrogens is 464 g/mol. The third kappa shape index (κ3) is 2.62. The fourth-order valence-corrected chi connectivity index (χ4v) is 4.18. The summed E-state index contributed by atoms with van der Waals surface area (Å²) in [5.74, 6) is 0.822. The van der Waals surface area contributed by atoms with E-state index >= 15 is 0 Å². The maximum atomic E-state index is 12.6. The molecule has 0 amide bonds. The van der Waals surface area contributed by atoms with Gasteiger partial charge >= 0.3 is 0 Å². The first-order valence-corrected chi connectivity index (χ1v) is 9.14. The van der Waals surface area contributed by atoms with Gasteiger partial charge in [0.15, 0.2) is 5.65 Å². The molecule has 4 aromatic heterocycles. The van der Waals surface area contributed by atoms with Gasteiger partial charge in [0.1, 0.15) is 22.9 Å². The Morgan fingerprint density at radius 2 is 2.21 bits per heavy atom. The first kappa shape index (κ1) is 15.7. The van der Waals surface area contributed by atoms with E-state index in [1.807, 2.05) is 11.4 Å². The van der Waals surface area contributed by atoms with Crippen molar-refractivity contribution in [3.8, 4) is 10.7 Å². The first-order valence-electron chi connectivity index (χ1n) is 6.67. The van der Waals surface area contributed by atoms with E-state index in [0.29, 0.717) is 27.4 Å². The quantitative estimate of drug-likeness (QED) is 0.456. The number of aromatic nitrogens is 6. The van der Waals surface area contributed by atoms with Crippen LogP contribution in [0.5, 0.6) is 0 Å². The van der Waals surface area contributed by atoms with E-state index in [9.17, 15) is 4.79 Å². The minimum atomic E-state index is -0.224. The Balaban J connectivity index is 1.70. The third-order valence-corrected chi connectivity index (χ3v) is 5.57. The van der Waals surface area contributed by atoms with Crippen molar-refractivity contribution in [2.24, 2.45) is 7.05 Å². The van der Waals surface area contributed by atoms with E-state index in [2.05, 4.69) is 52.1 Å². The zero-order valence-electron chi connectivity index (χ0n) is 12.1. The second-order valence-corrected chi connectivity index (χ2v) is 7.51. The normalized spacial score (nSPS) is 11.5. The van der Waals surface area contributed by atoms with E-state index in [0.717, 1.165) is 9.35 Å². The molecule has 0 spiro atoms. The van der Waals surface area contributed by atoms with Crippen LogP contribution in [-0.2, 0) is 13.6 Å². The average Bonchev–Trinajstić information content (AvgIpc) is 3.23. The highest BCUT2D eigenvalue weighted by atomic mass is 79.9. The Kier molecular flexibility index (Phi) is 3.85. The van der Waals surface area contributed by atoms with Crippen molar-refractivity contribution in [1.82, 2.24) is 29.5 Å². The highest BCUT2D eigenvalue weighted by Crippen LogP contribution is 2.27. The maximum absolute atomic E-state index is 12.6. The molecule has 0 fully saturated rings. The Morgan fingerprint density at radius 3 is 2.96 bits per heavy atom. The van der Waals surface area contributed by atoms with Crippen LogP contribution in [0.25, 0.3) is 21.7 Å². The van der Waals surface area contributed by atoms with Crippen LogP contribution < -0.4 is 5.56 Å². The number of halogens is 2. The molecule has 8 nitrogen and oxygen atoms in total. The molecule has 122 valence electrons. The molecule has 4 aromatic rings. The predicted octanol–water partition coefficient (Wildman–Crippen LogP) is 2.81. The molecule has 0 saturated carbocycles. The molecule has 0 unspecified atom stereocenters. The second-order valence-electron chi connectivity index (χ2n) is 4.93. The molecule has 0 radical (unpaired) electrons. The molecule has 0 N–H and O–H groups in total. The van der Waals surface area contributed by atoms with Crippen molar-refractivity contribution in [2.75, 3.05) is 0 Å². The molecule has 0 aliphatic carbocycles. The number of thiophene rings is 1. The van der Waals surface area contributed by atoms with E-state index in [4.69, 9.17) is 4.52 Å². The summed E-state index contributed by atoms with van der Waals surface area (Å²) in [5, 5.41) is 10.5. The van der Waals surface area contributed by atoms with Crippen molar-refractivity contribution >= 4 is 54.2 Å². The van der Waals surface area contributed by atoms with Crippen LogP contribution in [0.15, 0.2) is 36.2 Å². The zero-order valence-corrected chi connectivity index (χ0v) is 16.1. The summed E-state index contributed by atoms with van der Waals surface area (Å²) >= 11 is 8.18. The first-order chi connectivity index (χ1) is 11.5. The lowest BCUT2D eigenvalue weighted by Crippen LogP contribution is -2.21. The van der Waals surface area contributed by atoms with Gasteiger partial charge in [0, 0.05) is 16.9 Å². The van der Waals surface area contributed by atoms with Gasteiger partial charge in [-0.15, -0.1) is 11.3 Å². The Labute approximate surface area is 155 Å². The van der Waals surface area contributed by atoms with Crippen molar-refractivity contribution in [1.29, 1.82) is 0 Å². The standard InChI is InChI=1S/C13H8Br2N6O2S/c1-20-12-9(10(15)18-20)13(22)21(5-16-12)3-8-17-11(19-23-8)7-2-6(14)4-24-7/h2,4-5H,3H2,1H3. The fraction of sp³-hybridized carbons (Fsp3) is 0.154. The monoisotopic (exact) mass is 470 g/mol. The molecule has 24 heavy (non-hydrogen) atoms. The SMILES string of the molecule is Cn1nc(Br)c2c(=O)n(Cc3nc(-c4cc(Br)cs4)no3)cnc21. The fourth-order valence-electron chi connectivity index (χ4n) is 2.24. The minimum Gasteiger partial charge on any atom is -0.337 e. The van der Waals surface area contributed by atoms with Crippen molar-refractivity contribution in [2.45, 2.75) is 6.54 Å². The summed E-state index contributed by atoms with van der Waals surface area (Å²) in [4.78, 5) is 22.1. The van der Waals surface area contributed by atoms with Crippen LogP contribution in [0.2, 0.25) is 0 Å². The van der Waals surface area contributed by atoms with Crippen molar-refractivity contribution < 1.29 is 4.52 Å². The summed E-state index contributed by atoms with van der Waals surface area (Å²) in [7, 11) is 1.73. The van der Waals surface area contributed by atoms with Gasteiger partial charge in [0.2, 0.25) is 11.7 Å². The highest BCUT2D eigenvalue weighted by molar-refractivity contribution is 9.10. The van der Waals surface area contributed by atoms with Gasteiger partial charge in [-0.1, -0.05) is 5.16 Å². The second kappa shape index (κ2) is 5.90. The molecule has 0 atom stereocenters. The molecule has 4 rings (SSSR count). The molecule has 11 heteroatoms. The molecule has 0 aliphatic heterocycles. The van der Waals surface area contributed by atoms with Gasteiger partial charge in [-0.3, -0.25) is 9.36 Å². The number of hydrogen-bond acceptors (Lipinski definition) is 7. The third-order valence-electron chi connectivity index (χ3n) is 3.33. The van der Waals surface area contributed by atoms with Gasteiger partial charge in [-0.05, 0) is 37.9 Å². The molecule has 0 aromatic carbocycles. The van der Waals surface area contributed by atoms with E-state index in [1.54, 1.807) is 11.7 Å². The Bertz CT molecular complexity index is 1110. The van der Waals surface area contributed by atoms with Gasteiger partial charge in [0.25, 0.3) is 5.56 Å². The average molecular weight is 472 g/mol. The summed E-state index contributed by atoms with van der Waals surface area (Å²) in [6.07, 6.45) is 1.45. The predicted molar refractivity (Wildman–Crippen MR) is 94.9 cm³/mol. The highest BCUT2D eigenvalue weighted by Gasteiger charge is 2.16. The molecule has 0 aliphatic rings. The van der Waals surface area contributed by atoms with Crippen molar-refractivity contribution in [3.05, 3.63) is 43.1 Å². The van der Waals surface area contributed by atoms with Crippen LogP contribution in [0.1, 0.15) is 5.89 Å². The molecular formula is C13H8Br2N6O2S. The number of aryl methyl sites for hydroxylation is 1. The number of fused-ring (bicyclic) bond motifs is 1. The van der Waals surface area contributed by atoms with E-state index in [-0.39, 0.29) is 12.1 Å². The Morgan fingerprint density at radius 1 is 1.38 bits per heavy atom. The van der Waals surface area contributed by atoms with Gasteiger partial charge in [-0.2, -0.15) is 10.1 Å². The maximum Gasteiger partial charge on any atom is 0.266 e. The summed E-state index contributed by atoms with van der Waals surface area (Å²) in [6, 6.07) is 1.91. The van der Waals surface area contributed by atoms with Gasteiger partial charge < -0.3 is 4.52 Å². The smallest absolute Gasteiger partial charge is 0.266 e. The molecule has 0 saturated heterocycles. The minimum absolute atomic E-state index is 0.142. The largest absolute Gasteiger partial charge is 0.337 e. The number of hydrogen-bond donors (Lipinski definition) is 0. The zero-order chi connectivity index (χ0) is 16.8. The molecule has 4 heterocycles. The lowest BCUT2D eigenvalue weighted by Gasteiger charge is -2.01. The van der Waals surface area contributed by atoms with Crippen LogP contribution in [0.3, 0.4) is 0 Å².